The second-order valence-electron chi connectivity index (χ2n) is 24.3. The lowest BCUT2D eigenvalue weighted by Crippen LogP contribution is -2.47. The van der Waals surface area contributed by atoms with E-state index in [0.717, 1.165) is 148 Å². The summed E-state index contributed by atoms with van der Waals surface area (Å²) in [5.41, 5.74) is 0. The van der Waals surface area contributed by atoms with Gasteiger partial charge >= 0.3 is 5.97 Å². The molecule has 3 unspecified atom stereocenters. The number of nitrogens with one attached hydrogen (secondary N) is 1. The predicted octanol–water partition coefficient (Wildman–Crippen LogP) is 22.1. The Morgan fingerprint density at radius 2 is 0.727 bits per heavy atom. The number of hydrogen-bond donors (Lipinski definition) is 1. The maximum atomic E-state index is 13.6. The first-order valence-corrected chi connectivity index (χ1v) is 36.8. The van der Waals surface area contributed by atoms with E-state index in [1.807, 2.05) is 33.3 Å². The molecule has 0 heterocycles. The van der Waals surface area contributed by atoms with Gasteiger partial charge < -0.3 is 28.5 Å². The van der Waals surface area contributed by atoms with Crippen molar-refractivity contribution < 1.29 is 37.3 Å². The van der Waals surface area contributed by atoms with Crippen LogP contribution in [0.1, 0.15) is 271 Å². The molecule has 0 aliphatic carbocycles. The number of allylic oxidation sites excluding steroid dienone is 25. The van der Waals surface area contributed by atoms with E-state index in [0.29, 0.717) is 23.9 Å². The van der Waals surface area contributed by atoms with Gasteiger partial charge in [0.15, 0.2) is 0 Å². The van der Waals surface area contributed by atoms with Gasteiger partial charge in [-0.25, -0.2) is 0 Å². The Morgan fingerprint density at radius 3 is 1.09 bits per heavy atom. The van der Waals surface area contributed by atoms with Crippen molar-refractivity contribution in [2.75, 3.05) is 40.9 Å². The molecule has 0 aliphatic rings. The molecule has 3 atom stereocenters. The van der Waals surface area contributed by atoms with Crippen LogP contribution in [0.4, 0.5) is 0 Å². The topological polar surface area (TPSA) is 114 Å². The van der Waals surface area contributed by atoms with E-state index in [4.69, 9.17) is 13.8 Å². The van der Waals surface area contributed by atoms with Crippen molar-refractivity contribution in [2.24, 2.45) is 0 Å². The molecule has 0 spiro atoms. The van der Waals surface area contributed by atoms with E-state index in [1.165, 1.54) is 77.0 Å². The summed E-state index contributed by atoms with van der Waals surface area (Å²) in [4.78, 5) is 40.2. The summed E-state index contributed by atoms with van der Waals surface area (Å²) in [5.74, 6) is -0.589. The smallest absolute Gasteiger partial charge is 0.306 e. The number of amides is 1. The van der Waals surface area contributed by atoms with Crippen LogP contribution in [-0.2, 0) is 27.9 Å². The molecule has 0 saturated heterocycles. The van der Waals surface area contributed by atoms with Crippen molar-refractivity contribution in [3.63, 3.8) is 0 Å². The molecule has 0 saturated carbocycles. The van der Waals surface area contributed by atoms with Gasteiger partial charge in [0.05, 0.1) is 33.8 Å². The van der Waals surface area contributed by atoms with Gasteiger partial charge in [-0.3, -0.25) is 14.2 Å². The van der Waals surface area contributed by atoms with Crippen molar-refractivity contribution in [2.45, 2.75) is 283 Å². The van der Waals surface area contributed by atoms with Crippen molar-refractivity contribution in [3.8, 4) is 0 Å². The van der Waals surface area contributed by atoms with E-state index in [9.17, 15) is 19.0 Å². The zero-order chi connectivity index (χ0) is 64.2. The molecular weight excluding hydrogens is 1110 g/mol. The van der Waals surface area contributed by atoms with Crippen LogP contribution < -0.4 is 10.2 Å². The van der Waals surface area contributed by atoms with Gasteiger partial charge in [0.25, 0.3) is 7.82 Å². The quantitative estimate of drug-likeness (QED) is 0.0212. The fraction of sp³-hybridized carbons (Fsp3) is 0.641. The summed E-state index contributed by atoms with van der Waals surface area (Å²) in [7, 11) is 1.14. The van der Waals surface area contributed by atoms with Crippen LogP contribution >= 0.6 is 7.82 Å². The average Bonchev–Trinajstić information content (AvgIpc) is 3.61. The lowest BCUT2D eigenvalue weighted by atomic mass is 10.0. The molecule has 0 fully saturated rings. The zero-order valence-corrected chi connectivity index (χ0v) is 58.0. The third-order valence-corrected chi connectivity index (χ3v) is 15.7. The number of unbranched alkanes of at least 4 members (excludes halogenated alkanes) is 22. The number of quaternary nitrogens is 1. The Morgan fingerprint density at radius 1 is 0.409 bits per heavy atom. The highest BCUT2D eigenvalue weighted by atomic mass is 31.2. The highest BCUT2D eigenvalue weighted by molar-refractivity contribution is 7.45. The SMILES string of the molecule is CC/C=C\C/C=C\C/C=C\C/C=C\C/C=C\C/C=C\CCCCCCCCCCC(=O)OC(/C=C/CCCCCCCCCCCC)C(COP(=O)([O-])OCC[N+](C)(C)C)NC(=O)CCCCCC/C=C\C/C=C\C/C=C\C/C=C\C/C=C\C/C=C\CC. The van der Waals surface area contributed by atoms with E-state index in [-0.39, 0.29) is 31.3 Å². The Kier molecular flexibility index (Phi) is 62.3. The molecule has 0 aromatic heterocycles. The number of esters is 1. The first-order valence-electron chi connectivity index (χ1n) is 35.3. The molecule has 10 heteroatoms. The minimum Gasteiger partial charge on any atom is -0.756 e. The van der Waals surface area contributed by atoms with E-state index in [1.54, 1.807) is 0 Å². The monoisotopic (exact) mass is 1240 g/mol. The third kappa shape index (κ3) is 66.1. The molecule has 500 valence electrons. The Bertz CT molecular complexity index is 2060. The third-order valence-electron chi connectivity index (χ3n) is 14.7. The summed E-state index contributed by atoms with van der Waals surface area (Å²) in [5, 5.41) is 3.02. The van der Waals surface area contributed by atoms with Crippen LogP contribution in [0.15, 0.2) is 158 Å². The van der Waals surface area contributed by atoms with Gasteiger partial charge in [0.1, 0.15) is 19.3 Å². The van der Waals surface area contributed by atoms with Gasteiger partial charge in [0.2, 0.25) is 5.91 Å². The van der Waals surface area contributed by atoms with Crippen LogP contribution in [-0.4, -0.2) is 69.4 Å². The molecular formula is C78H131N2O7P. The van der Waals surface area contributed by atoms with Gasteiger partial charge in [-0.1, -0.05) is 282 Å². The molecule has 0 radical (unpaired) electrons. The molecule has 0 bridgehead atoms. The predicted molar refractivity (Wildman–Crippen MR) is 380 cm³/mol. The van der Waals surface area contributed by atoms with Crippen LogP contribution in [0, 0.1) is 0 Å². The van der Waals surface area contributed by atoms with E-state index in [2.05, 4.69) is 172 Å². The van der Waals surface area contributed by atoms with Gasteiger partial charge in [0, 0.05) is 12.8 Å². The molecule has 1 N–H and O–H groups in total. The molecule has 0 aliphatic heterocycles. The second-order valence-corrected chi connectivity index (χ2v) is 25.7. The van der Waals surface area contributed by atoms with Crippen LogP contribution in [0.5, 0.6) is 0 Å². The minimum atomic E-state index is -4.73. The lowest BCUT2D eigenvalue weighted by Gasteiger charge is -2.30. The van der Waals surface area contributed by atoms with Crippen molar-refractivity contribution in [1.29, 1.82) is 0 Å². The number of phosphoric acid groups is 1. The second kappa shape index (κ2) is 65.6. The first-order chi connectivity index (χ1) is 42.9. The Hall–Kier alpha value is -4.37. The maximum absolute atomic E-state index is 13.6. The lowest BCUT2D eigenvalue weighted by molar-refractivity contribution is -0.870. The maximum Gasteiger partial charge on any atom is 0.306 e. The summed E-state index contributed by atoms with van der Waals surface area (Å²) in [6.45, 7) is 6.58. The van der Waals surface area contributed by atoms with E-state index < -0.39 is 26.6 Å². The molecule has 9 nitrogen and oxygen atoms in total. The standard InChI is InChI=1S/C78H131N2O7P/c1-7-10-13-16-19-22-25-28-30-32-34-36-38-39-40-41-43-45-47-49-51-53-56-59-62-65-68-71-78(82)87-76(69-66-63-60-57-54-27-24-21-18-15-12-9-3)75(74-86-88(83,84)85-73-72-80(4,5)6)79-77(81)70-67-64-61-58-55-52-50-48-46-44-42-37-35-33-31-29-26-23-20-17-14-11-8-2/h10-11,13-14,19-20,22-23,28-31,34-37,39-40,43-46,50,52,66,69,75-76H,7-9,12,15-18,21,24-27,32-33,38,41-42,47-49,51,53-65,67-68,70-74H2,1-6H3,(H-,79,81,83,84)/b13-10-,14-11-,22-19-,23-20-,30-28-,31-29-,36-34-,37-35-,40-39-,45-43-,46-44-,52-50-,69-66+. The van der Waals surface area contributed by atoms with Crippen LogP contribution in [0.3, 0.4) is 0 Å². The number of likely N-dealkylation sites (N-methyl/N-ethyl adjacent to an activating group) is 1. The highest BCUT2D eigenvalue weighted by Gasteiger charge is 2.27. The molecule has 0 aromatic rings. The molecule has 0 aromatic carbocycles. The number of carbonyl (C=O) groups is 2. The minimum absolute atomic E-state index is 0.0381. The summed E-state index contributed by atoms with van der Waals surface area (Å²) >= 11 is 0. The van der Waals surface area contributed by atoms with Crippen LogP contribution in [0.25, 0.3) is 0 Å². The van der Waals surface area contributed by atoms with Gasteiger partial charge in [-0.05, 0) is 134 Å². The number of hydrogen-bond acceptors (Lipinski definition) is 7. The Balaban J connectivity index is 5.18. The number of rotatable bonds is 62. The van der Waals surface area contributed by atoms with Crippen molar-refractivity contribution in [1.82, 2.24) is 5.32 Å². The van der Waals surface area contributed by atoms with Crippen molar-refractivity contribution >= 4 is 19.7 Å². The number of carbonyl (C=O) groups excluding carboxylic acids is 2. The largest absolute Gasteiger partial charge is 0.756 e. The fourth-order valence-corrected chi connectivity index (χ4v) is 10.1. The number of ether oxygens (including phenoxy) is 1. The first kappa shape index (κ1) is 83.6. The number of phosphoric ester groups is 1. The van der Waals surface area contributed by atoms with Gasteiger partial charge in [-0.2, -0.15) is 0 Å². The van der Waals surface area contributed by atoms with Crippen LogP contribution in [0.2, 0.25) is 0 Å². The summed E-state index contributed by atoms with van der Waals surface area (Å²) < 4.78 is 30.4. The zero-order valence-electron chi connectivity index (χ0n) is 57.1. The van der Waals surface area contributed by atoms with Crippen molar-refractivity contribution in [3.05, 3.63) is 158 Å². The average molecular weight is 1240 g/mol. The molecule has 1 amide bonds. The van der Waals surface area contributed by atoms with E-state index >= 15 is 0 Å². The summed E-state index contributed by atoms with van der Waals surface area (Å²) in [6, 6.07) is -0.919. The normalized spacial score (nSPS) is 14.5. The summed E-state index contributed by atoms with van der Waals surface area (Å²) in [6.07, 6.45) is 96.5. The fourth-order valence-electron chi connectivity index (χ4n) is 9.35. The highest BCUT2D eigenvalue weighted by Crippen LogP contribution is 2.38. The number of nitrogens with zero attached hydrogens (tertiary/aromatic N) is 1. The molecule has 0 rings (SSSR count). The Labute approximate surface area is 541 Å². The van der Waals surface area contributed by atoms with Gasteiger partial charge in [-0.15, -0.1) is 0 Å². The molecule has 88 heavy (non-hydrogen) atoms.